The van der Waals surface area contributed by atoms with Crippen molar-refractivity contribution in [2.45, 2.75) is 6.92 Å². The fourth-order valence-electron chi connectivity index (χ4n) is 0.821. The number of amides is 1. The molecule has 2 N–H and O–H groups in total. The van der Waals surface area contributed by atoms with Gasteiger partial charge in [-0.15, -0.1) is 0 Å². The molecule has 4 heteroatoms. The van der Waals surface area contributed by atoms with Crippen LogP contribution in [-0.2, 0) is 4.79 Å². The highest BCUT2D eigenvalue weighted by molar-refractivity contribution is 6.42. The normalized spacial score (nSPS) is 9.42. The van der Waals surface area contributed by atoms with E-state index in [4.69, 9.17) is 5.73 Å². The molecule has 0 atom stereocenters. The average molecular weight is 164 g/mol. The topological polar surface area (TPSA) is 73.1 Å². The lowest BCUT2D eigenvalue weighted by Crippen LogP contribution is -2.23. The number of rotatable bonds is 2. The van der Waals surface area contributed by atoms with Gasteiger partial charge in [-0.2, -0.15) is 0 Å². The van der Waals surface area contributed by atoms with Gasteiger partial charge >= 0.3 is 0 Å². The van der Waals surface area contributed by atoms with Crippen molar-refractivity contribution in [3.05, 3.63) is 29.6 Å². The molecule has 4 nitrogen and oxygen atoms in total. The van der Waals surface area contributed by atoms with Crippen LogP contribution in [0.25, 0.3) is 0 Å². The second kappa shape index (κ2) is 3.13. The SMILES string of the molecule is Cc1cncc(C(=O)C(N)=O)c1. The fourth-order valence-corrected chi connectivity index (χ4v) is 0.821. The van der Waals surface area contributed by atoms with Crippen LogP contribution in [0.5, 0.6) is 0 Å². The Kier molecular flexibility index (Phi) is 2.19. The smallest absolute Gasteiger partial charge is 0.289 e. The Morgan fingerprint density at radius 2 is 2.08 bits per heavy atom. The van der Waals surface area contributed by atoms with E-state index in [1.165, 1.54) is 6.20 Å². The van der Waals surface area contributed by atoms with Crippen LogP contribution in [-0.4, -0.2) is 16.7 Å². The number of primary amides is 1. The van der Waals surface area contributed by atoms with E-state index in [1.807, 2.05) is 0 Å². The summed E-state index contributed by atoms with van der Waals surface area (Å²) in [6.45, 7) is 1.78. The minimum absolute atomic E-state index is 0.238. The number of nitrogens with two attached hydrogens (primary N) is 1. The van der Waals surface area contributed by atoms with Crippen molar-refractivity contribution in [2.24, 2.45) is 5.73 Å². The highest BCUT2D eigenvalue weighted by Gasteiger charge is 2.11. The maximum absolute atomic E-state index is 11.0. The van der Waals surface area contributed by atoms with Crippen LogP contribution in [0, 0.1) is 6.92 Å². The highest BCUT2D eigenvalue weighted by Crippen LogP contribution is 2.01. The summed E-state index contributed by atoms with van der Waals surface area (Å²) in [5.41, 5.74) is 5.86. The number of ketones is 1. The average Bonchev–Trinajstić information content (AvgIpc) is 2.03. The van der Waals surface area contributed by atoms with E-state index in [1.54, 1.807) is 19.2 Å². The number of aryl methyl sites for hydroxylation is 1. The van der Waals surface area contributed by atoms with E-state index < -0.39 is 11.7 Å². The molecule has 0 aliphatic heterocycles. The molecule has 0 spiro atoms. The lowest BCUT2D eigenvalue weighted by atomic mass is 10.1. The summed E-state index contributed by atoms with van der Waals surface area (Å²) in [5.74, 6) is -1.66. The summed E-state index contributed by atoms with van der Waals surface area (Å²) >= 11 is 0. The summed E-state index contributed by atoms with van der Waals surface area (Å²) < 4.78 is 0. The standard InChI is InChI=1S/C8H8N2O2/c1-5-2-6(4-10-3-5)7(11)8(9)12/h2-4H,1H3,(H2,9,12). The zero-order valence-electron chi connectivity index (χ0n) is 6.57. The molecule has 0 aliphatic carbocycles. The maximum Gasteiger partial charge on any atom is 0.289 e. The van der Waals surface area contributed by atoms with Crippen molar-refractivity contribution in [3.63, 3.8) is 0 Å². The predicted molar refractivity (Wildman–Crippen MR) is 42.5 cm³/mol. The quantitative estimate of drug-likeness (QED) is 0.496. The molecule has 0 radical (unpaired) electrons. The molecule has 1 rings (SSSR count). The Hall–Kier alpha value is -1.71. The summed E-state index contributed by atoms with van der Waals surface area (Å²) in [5, 5.41) is 0. The van der Waals surface area contributed by atoms with Gasteiger partial charge in [-0.3, -0.25) is 14.6 Å². The van der Waals surface area contributed by atoms with Gasteiger partial charge in [0.05, 0.1) is 0 Å². The Bertz CT molecular complexity index is 334. The first-order valence-corrected chi connectivity index (χ1v) is 3.37. The zero-order valence-corrected chi connectivity index (χ0v) is 6.57. The van der Waals surface area contributed by atoms with Crippen LogP contribution in [0.4, 0.5) is 0 Å². The molecule has 1 aromatic heterocycles. The number of Topliss-reactive ketones (excluding diaryl/α,β-unsaturated/α-hetero) is 1. The van der Waals surface area contributed by atoms with E-state index >= 15 is 0 Å². The fraction of sp³-hybridized carbons (Fsp3) is 0.125. The molecule has 0 unspecified atom stereocenters. The molecule has 0 bridgehead atoms. The minimum Gasteiger partial charge on any atom is -0.363 e. The zero-order chi connectivity index (χ0) is 9.14. The van der Waals surface area contributed by atoms with Crippen LogP contribution in [0.2, 0.25) is 0 Å². The number of pyridine rings is 1. The van der Waals surface area contributed by atoms with Gasteiger partial charge in [-0.05, 0) is 18.6 Å². The first-order valence-electron chi connectivity index (χ1n) is 3.37. The molecule has 0 saturated carbocycles. The third-order valence-corrected chi connectivity index (χ3v) is 1.36. The summed E-state index contributed by atoms with van der Waals surface area (Å²) in [7, 11) is 0. The van der Waals surface area contributed by atoms with E-state index in [-0.39, 0.29) is 5.56 Å². The van der Waals surface area contributed by atoms with Gasteiger partial charge in [0.1, 0.15) is 0 Å². The van der Waals surface area contributed by atoms with Crippen LogP contribution in [0.3, 0.4) is 0 Å². The van der Waals surface area contributed by atoms with Crippen molar-refractivity contribution < 1.29 is 9.59 Å². The van der Waals surface area contributed by atoms with Gasteiger partial charge < -0.3 is 5.73 Å². The van der Waals surface area contributed by atoms with Crippen molar-refractivity contribution in [1.29, 1.82) is 0 Å². The highest BCUT2D eigenvalue weighted by atomic mass is 16.2. The van der Waals surface area contributed by atoms with E-state index in [9.17, 15) is 9.59 Å². The van der Waals surface area contributed by atoms with Crippen molar-refractivity contribution in [1.82, 2.24) is 4.98 Å². The van der Waals surface area contributed by atoms with Gasteiger partial charge in [0, 0.05) is 18.0 Å². The Morgan fingerprint density at radius 1 is 1.42 bits per heavy atom. The first kappa shape index (κ1) is 8.39. The molecule has 0 fully saturated rings. The molecule has 62 valence electrons. The van der Waals surface area contributed by atoms with Crippen molar-refractivity contribution in [3.8, 4) is 0 Å². The number of hydrogen-bond donors (Lipinski definition) is 1. The molecule has 0 aromatic carbocycles. The molecule has 0 aliphatic rings. The van der Waals surface area contributed by atoms with Gasteiger partial charge in [0.15, 0.2) is 0 Å². The van der Waals surface area contributed by atoms with E-state index in [0.717, 1.165) is 5.56 Å². The third kappa shape index (κ3) is 1.66. The van der Waals surface area contributed by atoms with Crippen LogP contribution in [0.1, 0.15) is 15.9 Å². The largest absolute Gasteiger partial charge is 0.363 e. The van der Waals surface area contributed by atoms with Gasteiger partial charge in [0.2, 0.25) is 0 Å². The van der Waals surface area contributed by atoms with Crippen LogP contribution < -0.4 is 5.73 Å². The van der Waals surface area contributed by atoms with Crippen LogP contribution >= 0.6 is 0 Å². The van der Waals surface area contributed by atoms with Crippen molar-refractivity contribution in [2.75, 3.05) is 0 Å². The van der Waals surface area contributed by atoms with Crippen molar-refractivity contribution >= 4 is 11.7 Å². The lowest BCUT2D eigenvalue weighted by Gasteiger charge is -1.96. The molecular weight excluding hydrogens is 156 g/mol. The third-order valence-electron chi connectivity index (χ3n) is 1.36. The van der Waals surface area contributed by atoms with Gasteiger partial charge in [0.25, 0.3) is 11.7 Å². The second-order valence-electron chi connectivity index (χ2n) is 2.44. The summed E-state index contributed by atoms with van der Waals surface area (Å²) in [6.07, 6.45) is 2.91. The molecular formula is C8H8N2O2. The predicted octanol–water partition coefficient (Wildman–Crippen LogP) is 0.0580. The molecule has 0 saturated heterocycles. The number of nitrogens with zero attached hydrogens (tertiary/aromatic N) is 1. The number of carbonyl (C=O) groups excluding carboxylic acids is 2. The molecule has 1 heterocycles. The Morgan fingerprint density at radius 3 is 2.58 bits per heavy atom. The monoisotopic (exact) mass is 164 g/mol. The van der Waals surface area contributed by atoms with Gasteiger partial charge in [-0.25, -0.2) is 0 Å². The molecule has 1 aromatic rings. The summed E-state index contributed by atoms with van der Waals surface area (Å²) in [4.78, 5) is 25.2. The number of aromatic nitrogens is 1. The second-order valence-corrected chi connectivity index (χ2v) is 2.44. The van der Waals surface area contributed by atoms with E-state index in [2.05, 4.69) is 4.98 Å². The molecule has 12 heavy (non-hydrogen) atoms. The molecule has 1 amide bonds. The van der Waals surface area contributed by atoms with E-state index in [0.29, 0.717) is 0 Å². The number of hydrogen-bond acceptors (Lipinski definition) is 3. The number of carbonyl (C=O) groups is 2. The lowest BCUT2D eigenvalue weighted by molar-refractivity contribution is -0.114. The minimum atomic E-state index is -0.956. The van der Waals surface area contributed by atoms with Crippen LogP contribution in [0.15, 0.2) is 18.5 Å². The Labute approximate surface area is 69.4 Å². The van der Waals surface area contributed by atoms with Gasteiger partial charge in [-0.1, -0.05) is 0 Å². The Balaban J connectivity index is 3.04. The summed E-state index contributed by atoms with van der Waals surface area (Å²) in [6, 6.07) is 1.57. The first-order chi connectivity index (χ1) is 5.61. The maximum atomic E-state index is 11.0.